The number of halogens is 4. The van der Waals surface area contributed by atoms with E-state index in [1.165, 1.54) is 18.2 Å². The topological polar surface area (TPSA) is 58.2 Å². The lowest BCUT2D eigenvalue weighted by Gasteiger charge is -2.32. The van der Waals surface area contributed by atoms with Crippen molar-refractivity contribution in [2.75, 3.05) is 13.1 Å². The van der Waals surface area contributed by atoms with Gasteiger partial charge in [-0.1, -0.05) is 25.0 Å². The van der Waals surface area contributed by atoms with Crippen LogP contribution in [0.25, 0.3) is 0 Å². The first-order valence-electron chi connectivity index (χ1n) is 8.68. The van der Waals surface area contributed by atoms with Crippen molar-refractivity contribution >= 4 is 11.8 Å². The highest BCUT2D eigenvalue weighted by molar-refractivity contribution is 5.94. The highest BCUT2D eigenvalue weighted by Gasteiger charge is 2.47. The van der Waals surface area contributed by atoms with Gasteiger partial charge in [0.05, 0.1) is 11.5 Å². The molecular weight excluding hydrogens is 352 g/mol. The summed E-state index contributed by atoms with van der Waals surface area (Å²) in [5.41, 5.74) is -0.0771. The second-order valence-corrected chi connectivity index (χ2v) is 6.42. The van der Waals surface area contributed by atoms with Crippen molar-refractivity contribution in [3.63, 3.8) is 0 Å². The maximum atomic E-state index is 13.5. The van der Waals surface area contributed by atoms with E-state index in [1.807, 2.05) is 0 Å². The van der Waals surface area contributed by atoms with Crippen LogP contribution >= 0.6 is 0 Å². The third-order valence-electron chi connectivity index (χ3n) is 4.58. The van der Waals surface area contributed by atoms with Gasteiger partial charge < -0.3 is 10.6 Å². The summed E-state index contributed by atoms with van der Waals surface area (Å²) >= 11 is 0. The smallest absolute Gasteiger partial charge is 0.356 e. The molecule has 0 saturated heterocycles. The van der Waals surface area contributed by atoms with Gasteiger partial charge in [-0.3, -0.25) is 9.59 Å². The molecule has 0 bridgehead atoms. The van der Waals surface area contributed by atoms with Crippen LogP contribution in [0.1, 0.15) is 42.5 Å². The van der Waals surface area contributed by atoms with Gasteiger partial charge >= 0.3 is 6.18 Å². The van der Waals surface area contributed by atoms with Crippen LogP contribution in [0.5, 0.6) is 0 Å². The zero-order valence-corrected chi connectivity index (χ0v) is 14.2. The molecule has 1 fully saturated rings. The van der Waals surface area contributed by atoms with Gasteiger partial charge in [-0.25, -0.2) is 4.39 Å². The Bertz CT molecular complexity index is 634. The number of amides is 2. The minimum atomic E-state index is -4.36. The molecule has 4 nitrogen and oxygen atoms in total. The summed E-state index contributed by atoms with van der Waals surface area (Å²) in [6.07, 6.45) is -2.70. The molecule has 0 aliphatic heterocycles. The minimum absolute atomic E-state index is 0.0136. The molecule has 2 amide bonds. The Balaban J connectivity index is 1.73. The van der Waals surface area contributed by atoms with Gasteiger partial charge in [0.1, 0.15) is 5.82 Å². The highest BCUT2D eigenvalue weighted by Crippen LogP contribution is 2.41. The van der Waals surface area contributed by atoms with Crippen LogP contribution in [0.4, 0.5) is 17.6 Å². The maximum absolute atomic E-state index is 13.5. The summed E-state index contributed by atoms with van der Waals surface area (Å²) in [4.78, 5) is 23.9. The molecule has 2 atom stereocenters. The van der Waals surface area contributed by atoms with Crippen LogP contribution in [-0.4, -0.2) is 31.1 Å². The fourth-order valence-electron chi connectivity index (χ4n) is 3.21. The third kappa shape index (κ3) is 5.44. The molecule has 0 aromatic heterocycles. The SMILES string of the molecule is O=C(NCCCNC(=O)C1CCCCC1C(F)(F)F)c1ccccc1F. The quantitative estimate of drug-likeness (QED) is 0.592. The first-order valence-corrected chi connectivity index (χ1v) is 8.68. The van der Waals surface area contributed by atoms with Crippen LogP contribution in [-0.2, 0) is 4.79 Å². The summed E-state index contributed by atoms with van der Waals surface area (Å²) < 4.78 is 52.5. The van der Waals surface area contributed by atoms with E-state index in [2.05, 4.69) is 10.6 Å². The van der Waals surface area contributed by atoms with Gasteiger partial charge in [-0.05, 0) is 31.4 Å². The lowest BCUT2D eigenvalue weighted by Crippen LogP contribution is -2.43. The Morgan fingerprint density at radius 1 is 1.04 bits per heavy atom. The lowest BCUT2D eigenvalue weighted by atomic mass is 9.78. The maximum Gasteiger partial charge on any atom is 0.392 e. The Kier molecular flexibility index (Phi) is 6.99. The first-order chi connectivity index (χ1) is 12.3. The Morgan fingerprint density at radius 3 is 2.38 bits per heavy atom. The Labute approximate surface area is 149 Å². The molecule has 1 aromatic carbocycles. The third-order valence-corrected chi connectivity index (χ3v) is 4.58. The molecule has 26 heavy (non-hydrogen) atoms. The molecular formula is C18H22F4N2O2. The fraction of sp³-hybridized carbons (Fsp3) is 0.556. The standard InChI is InChI=1S/C18H22F4N2O2/c19-15-9-4-2-7-13(15)17(26)24-11-5-10-23-16(25)12-6-1-3-8-14(12)18(20,21)22/h2,4,7,9,12,14H,1,3,5-6,8,10-11H2,(H,23,25)(H,24,26). The predicted molar refractivity (Wildman–Crippen MR) is 87.9 cm³/mol. The van der Waals surface area contributed by atoms with Gasteiger partial charge in [-0.15, -0.1) is 0 Å². The largest absolute Gasteiger partial charge is 0.392 e. The van der Waals surface area contributed by atoms with Gasteiger partial charge in [0.25, 0.3) is 5.91 Å². The van der Waals surface area contributed by atoms with Crippen LogP contribution in [0.15, 0.2) is 24.3 Å². The Hall–Kier alpha value is -2.12. The van der Waals surface area contributed by atoms with Crippen molar-refractivity contribution in [2.45, 2.75) is 38.3 Å². The number of rotatable bonds is 6. The van der Waals surface area contributed by atoms with Crippen molar-refractivity contribution in [2.24, 2.45) is 11.8 Å². The molecule has 144 valence electrons. The summed E-state index contributed by atoms with van der Waals surface area (Å²) in [6.45, 7) is 0.332. The first kappa shape index (κ1) is 20.2. The summed E-state index contributed by atoms with van der Waals surface area (Å²) in [6, 6.07) is 5.55. The van der Waals surface area contributed by atoms with Crippen molar-refractivity contribution in [3.05, 3.63) is 35.6 Å². The highest BCUT2D eigenvalue weighted by atomic mass is 19.4. The van der Waals surface area contributed by atoms with E-state index in [-0.39, 0.29) is 31.5 Å². The van der Waals surface area contributed by atoms with Crippen molar-refractivity contribution < 1.29 is 27.2 Å². The molecule has 1 aliphatic rings. The van der Waals surface area contributed by atoms with Gasteiger partial charge in [0, 0.05) is 19.0 Å². The zero-order chi connectivity index (χ0) is 19.2. The predicted octanol–water partition coefficient (Wildman–Crippen LogP) is 3.43. The Morgan fingerprint density at radius 2 is 1.69 bits per heavy atom. The molecule has 1 saturated carbocycles. The number of nitrogens with one attached hydrogen (secondary N) is 2. The number of benzene rings is 1. The van der Waals surface area contributed by atoms with E-state index < -0.39 is 35.6 Å². The number of carbonyl (C=O) groups is 2. The normalized spacial score (nSPS) is 20.5. The van der Waals surface area contributed by atoms with Crippen LogP contribution in [0.2, 0.25) is 0 Å². The minimum Gasteiger partial charge on any atom is -0.356 e. The summed E-state index contributed by atoms with van der Waals surface area (Å²) in [5.74, 6) is -4.42. The average Bonchev–Trinajstić information content (AvgIpc) is 2.60. The van der Waals surface area contributed by atoms with E-state index in [9.17, 15) is 27.2 Å². The number of hydrogen-bond acceptors (Lipinski definition) is 2. The molecule has 0 heterocycles. The van der Waals surface area contributed by atoms with Crippen molar-refractivity contribution in [3.8, 4) is 0 Å². The van der Waals surface area contributed by atoms with E-state index in [0.717, 1.165) is 0 Å². The molecule has 8 heteroatoms. The molecule has 1 aliphatic carbocycles. The van der Waals surface area contributed by atoms with Gasteiger partial charge in [-0.2, -0.15) is 13.2 Å². The monoisotopic (exact) mass is 374 g/mol. The van der Waals surface area contributed by atoms with Crippen LogP contribution < -0.4 is 10.6 Å². The average molecular weight is 374 g/mol. The van der Waals surface area contributed by atoms with Gasteiger partial charge in [0.15, 0.2) is 0 Å². The lowest BCUT2D eigenvalue weighted by molar-refractivity contribution is -0.198. The van der Waals surface area contributed by atoms with Crippen LogP contribution in [0, 0.1) is 17.7 Å². The second-order valence-electron chi connectivity index (χ2n) is 6.42. The zero-order valence-electron chi connectivity index (χ0n) is 14.2. The fourth-order valence-corrected chi connectivity index (χ4v) is 3.21. The molecule has 0 radical (unpaired) electrons. The second kappa shape index (κ2) is 9.00. The number of alkyl halides is 3. The van der Waals surface area contributed by atoms with Crippen molar-refractivity contribution in [1.29, 1.82) is 0 Å². The molecule has 2 rings (SSSR count). The number of carbonyl (C=O) groups excluding carboxylic acids is 2. The molecule has 2 unspecified atom stereocenters. The van der Waals surface area contributed by atoms with E-state index >= 15 is 0 Å². The summed E-state index contributed by atoms with van der Waals surface area (Å²) in [7, 11) is 0. The molecule has 1 aromatic rings. The van der Waals surface area contributed by atoms with E-state index in [0.29, 0.717) is 19.3 Å². The molecule has 2 N–H and O–H groups in total. The van der Waals surface area contributed by atoms with E-state index in [4.69, 9.17) is 0 Å². The summed E-state index contributed by atoms with van der Waals surface area (Å²) in [5, 5.41) is 5.03. The van der Waals surface area contributed by atoms with E-state index in [1.54, 1.807) is 6.07 Å². The van der Waals surface area contributed by atoms with Gasteiger partial charge in [0.2, 0.25) is 5.91 Å². The number of hydrogen-bond donors (Lipinski definition) is 2. The van der Waals surface area contributed by atoms with Crippen molar-refractivity contribution in [1.82, 2.24) is 10.6 Å². The molecule has 0 spiro atoms. The van der Waals surface area contributed by atoms with Crippen LogP contribution in [0.3, 0.4) is 0 Å².